The summed E-state index contributed by atoms with van der Waals surface area (Å²) >= 11 is 0. The minimum atomic E-state index is -5.50. The van der Waals surface area contributed by atoms with Gasteiger partial charge in [0, 0.05) is 0 Å². The molecular formula is C42H54N20O25P4. The molecule has 18 N–H and O–H groups in total. The van der Waals surface area contributed by atoms with Crippen LogP contribution >= 0.6 is 30.8 Å². The van der Waals surface area contributed by atoms with Gasteiger partial charge < -0.3 is 101 Å². The maximum Gasteiger partial charge on any atom is 0.472 e. The first-order valence-electron chi connectivity index (χ1n) is 26.4. The zero-order valence-corrected chi connectivity index (χ0v) is 49.5. The second-order valence-corrected chi connectivity index (χ2v) is 26.7. The van der Waals surface area contributed by atoms with Crippen molar-refractivity contribution in [2.24, 2.45) is 0 Å². The molecule has 12 heterocycles. The number of ether oxygens (including phenoxy) is 6. The molecule has 19 atom stereocenters. The maximum absolute atomic E-state index is 14.1. The highest BCUT2D eigenvalue weighted by Gasteiger charge is 2.54. The van der Waals surface area contributed by atoms with E-state index >= 15 is 0 Å². The van der Waals surface area contributed by atoms with Crippen LogP contribution in [0.15, 0.2) is 50.6 Å². The van der Waals surface area contributed by atoms with Crippen molar-refractivity contribution in [3.8, 4) is 0 Å². The zero-order valence-electron chi connectivity index (χ0n) is 45.9. The van der Waals surface area contributed by atoms with Crippen LogP contribution in [0.3, 0.4) is 0 Å². The lowest BCUT2D eigenvalue weighted by Crippen LogP contribution is -2.37. The number of fused-ring (bicyclic) bond motifs is 4. The Morgan fingerprint density at radius 2 is 0.703 bits per heavy atom. The third-order valence-electron chi connectivity index (χ3n) is 14.6. The van der Waals surface area contributed by atoms with Crippen LogP contribution in [-0.2, 0) is 69.3 Å². The summed E-state index contributed by atoms with van der Waals surface area (Å²) in [5.74, 6) is -0.265. The summed E-state index contributed by atoms with van der Waals surface area (Å²) < 4.78 is 119. The molecule has 3 unspecified atom stereocenters. The Morgan fingerprint density at radius 3 is 1.07 bits per heavy atom. The van der Waals surface area contributed by atoms with Crippen molar-refractivity contribution in [1.82, 2.24) is 78.1 Å². The highest BCUT2D eigenvalue weighted by Crippen LogP contribution is 2.54. The second-order valence-electron chi connectivity index (χ2n) is 20.6. The largest absolute Gasteiger partial charge is 0.472 e. The fourth-order valence-corrected chi connectivity index (χ4v) is 13.7. The summed E-state index contributed by atoms with van der Waals surface area (Å²) in [4.78, 5) is 101. The molecule has 4 aliphatic rings. The molecule has 8 aromatic rings. The van der Waals surface area contributed by atoms with Crippen molar-refractivity contribution >= 4 is 98.8 Å². The first-order valence-corrected chi connectivity index (χ1v) is 33.0. The molecule has 0 spiro atoms. The third kappa shape index (κ3) is 13.0. The average Bonchev–Trinajstić information content (AvgIpc) is 1.65. The second kappa shape index (κ2) is 25.1. The van der Waals surface area contributed by atoms with Crippen LogP contribution in [0.25, 0.3) is 44.7 Å². The first kappa shape index (κ1) is 64.6. The standard InChI is InChI=1S/C42H54N20O25P4/c43-31-19-35(51-5-47-31)59(9-55-19)39-27(67)23(63)15(81-39)1-77-13-88(68,69)85-28-24(64)16(82-40(28)60-10-56-20-32(44)48-6-52-36(20)60)2-78-14-89(70,71)86-29-25(65)18(84-41(29)61-11-57-21-33(45)49-7-53-37(21)61)4-80-91(75,76)87-30-26(66)17(3-79-90(72,73)74)83-42(30)62-12-58-22-34(46)50-8-54-38(22)62/h5-12,15-18,23-30,39-42,63-67H,1-4,13-14H2,(H,68,69)(H,70,71)(H,75,76)(H2,43,47,51)(H2,44,48,52)(H2,45,49,53)(H2,46,50,54)(H2,72,73,74)/t15-,16-,17-,18-,23+,24+,25-,26-,27-,28-,29-,30-,39-,40-,41-,42-/m1/s1. The Balaban J connectivity index is 0.720. The Bertz CT molecular complexity index is 4190. The van der Waals surface area contributed by atoms with Crippen molar-refractivity contribution < 1.29 is 119 Å². The fourth-order valence-electron chi connectivity index (χ4n) is 10.4. The molecule has 91 heavy (non-hydrogen) atoms. The lowest BCUT2D eigenvalue weighted by molar-refractivity contribution is -0.0657. The Labute approximate surface area is 505 Å². The molecule has 4 aliphatic heterocycles. The lowest BCUT2D eigenvalue weighted by atomic mass is 10.1. The van der Waals surface area contributed by atoms with Gasteiger partial charge in [0.1, 0.15) is 133 Å². The first-order chi connectivity index (χ1) is 43.2. The number of hydrogen-bond donors (Lipinski definition) is 14. The molecule has 45 nitrogen and oxygen atoms in total. The highest BCUT2D eigenvalue weighted by molar-refractivity contribution is 7.52. The van der Waals surface area contributed by atoms with E-state index in [9.17, 15) is 68.3 Å². The van der Waals surface area contributed by atoms with Crippen LogP contribution in [0.5, 0.6) is 0 Å². The molecule has 0 aliphatic carbocycles. The van der Waals surface area contributed by atoms with Gasteiger partial charge in [0.05, 0.1) is 51.7 Å². The van der Waals surface area contributed by atoms with E-state index in [-0.39, 0.29) is 67.9 Å². The number of phosphoric acid groups is 2. The molecular weight excluding hydrogens is 1310 g/mol. The van der Waals surface area contributed by atoms with Gasteiger partial charge in [0.15, 0.2) is 70.8 Å². The van der Waals surface area contributed by atoms with Crippen LogP contribution in [0, 0.1) is 0 Å². The molecule has 49 heteroatoms. The Kier molecular flexibility index (Phi) is 17.8. The predicted molar refractivity (Wildman–Crippen MR) is 294 cm³/mol. The van der Waals surface area contributed by atoms with E-state index in [4.69, 9.17) is 69.5 Å². The van der Waals surface area contributed by atoms with Crippen LogP contribution in [0.4, 0.5) is 23.3 Å². The monoisotopic (exact) mass is 1360 g/mol. The summed E-state index contributed by atoms with van der Waals surface area (Å²) in [5, 5.41) is 56.6. The van der Waals surface area contributed by atoms with Crippen molar-refractivity contribution in [2.75, 3.05) is 62.1 Å². The van der Waals surface area contributed by atoms with E-state index in [1.165, 1.54) is 15.5 Å². The number of imidazole rings is 4. The molecule has 0 bridgehead atoms. The normalized spacial score (nSPS) is 30.9. The van der Waals surface area contributed by atoms with E-state index < -0.39 is 168 Å². The van der Waals surface area contributed by atoms with Crippen LogP contribution < -0.4 is 22.9 Å². The van der Waals surface area contributed by atoms with Gasteiger partial charge in [0.25, 0.3) is 0 Å². The van der Waals surface area contributed by atoms with Crippen molar-refractivity contribution in [3.05, 3.63) is 50.6 Å². The summed E-state index contributed by atoms with van der Waals surface area (Å²) in [6, 6.07) is 0. The van der Waals surface area contributed by atoms with E-state index in [1.54, 1.807) is 0 Å². The number of phosphoric ester groups is 2. The summed E-state index contributed by atoms with van der Waals surface area (Å²) in [6.45, 7) is -3.43. The number of rotatable bonds is 24. The third-order valence-corrected chi connectivity index (χ3v) is 18.3. The Morgan fingerprint density at radius 1 is 0.396 bits per heavy atom. The molecule has 4 saturated heterocycles. The molecule has 492 valence electrons. The van der Waals surface area contributed by atoms with Gasteiger partial charge in [-0.3, -0.25) is 50.0 Å². The number of nitrogen functional groups attached to an aromatic ring is 4. The van der Waals surface area contributed by atoms with Gasteiger partial charge in [-0.25, -0.2) is 68.9 Å². The molecule has 0 saturated carbocycles. The van der Waals surface area contributed by atoms with E-state index in [0.717, 1.165) is 53.4 Å². The molecule has 12 rings (SSSR count). The number of aromatic nitrogens is 16. The number of nitrogens with two attached hydrogens (primary N) is 4. The van der Waals surface area contributed by atoms with Crippen LogP contribution in [-0.4, -0.2) is 240 Å². The summed E-state index contributed by atoms with van der Waals surface area (Å²) in [5.41, 5.74) is 24.2. The van der Waals surface area contributed by atoms with Crippen molar-refractivity contribution in [3.63, 3.8) is 0 Å². The molecule has 0 radical (unpaired) electrons. The topological polar surface area (TPSA) is 651 Å². The summed E-state index contributed by atoms with van der Waals surface area (Å²) in [7, 11) is -20.8. The van der Waals surface area contributed by atoms with E-state index in [0.29, 0.717) is 0 Å². The lowest BCUT2D eigenvalue weighted by Gasteiger charge is -2.25. The van der Waals surface area contributed by atoms with Gasteiger partial charge in [-0.15, -0.1) is 0 Å². The van der Waals surface area contributed by atoms with Gasteiger partial charge in [-0.2, -0.15) is 0 Å². The SMILES string of the molecule is Nc1ncnc2c1ncn2[C@@H]1O[C@H](COCP(=O)(O)O[C@@H]2[C@@H](O)[C@@H](COCP(=O)(O)O[C@@H]3[C@H](O)[C@@H](COP(=O)(O)O[C@@H]4[C@H](O)[C@@H](COP(=O)(O)O)O[C@H]4n4cnc5c(N)ncnc54)O[C@H]3n3cnc4c(N)ncnc43)O[C@H]2n2cnc3c(N)ncnc32)[C@H](O)[C@H]1O. The number of anilines is 4. The minimum Gasteiger partial charge on any atom is -0.387 e. The predicted octanol–water partition coefficient (Wildman–Crippen LogP) is -4.23. The van der Waals surface area contributed by atoms with E-state index in [1.807, 2.05) is 0 Å². The smallest absolute Gasteiger partial charge is 0.387 e. The van der Waals surface area contributed by atoms with Crippen molar-refractivity contribution in [1.29, 1.82) is 0 Å². The van der Waals surface area contributed by atoms with Gasteiger partial charge in [-0.1, -0.05) is 0 Å². The summed E-state index contributed by atoms with van der Waals surface area (Å²) in [6.07, 6.45) is -20.7. The zero-order chi connectivity index (χ0) is 64.6. The molecule has 0 amide bonds. The van der Waals surface area contributed by atoms with Gasteiger partial charge >= 0.3 is 30.8 Å². The average molecular weight is 1360 g/mol. The van der Waals surface area contributed by atoms with Gasteiger partial charge in [0.2, 0.25) is 0 Å². The number of aliphatic hydroxyl groups is 5. The molecule has 4 fully saturated rings. The number of hydrogen-bond acceptors (Lipinski definition) is 36. The van der Waals surface area contributed by atoms with Crippen LogP contribution in [0.1, 0.15) is 24.9 Å². The highest BCUT2D eigenvalue weighted by atomic mass is 31.2. The fraction of sp³-hybridized carbons (Fsp3) is 0.524. The quantitative estimate of drug-likeness (QED) is 0.0255. The molecule has 8 aromatic heterocycles. The Hall–Kier alpha value is -6.52. The number of nitrogens with zero attached hydrogens (tertiary/aromatic N) is 16. The number of aliphatic hydroxyl groups excluding tert-OH is 5. The maximum atomic E-state index is 14.1. The van der Waals surface area contributed by atoms with Crippen molar-refractivity contribution in [2.45, 2.75) is 98.2 Å². The van der Waals surface area contributed by atoms with E-state index in [2.05, 4.69) is 64.3 Å². The van der Waals surface area contributed by atoms with Gasteiger partial charge in [-0.05, 0) is 0 Å². The van der Waals surface area contributed by atoms with Crippen LogP contribution in [0.2, 0.25) is 0 Å². The minimum absolute atomic E-state index is 0.00182. The molecule has 0 aromatic carbocycles.